The van der Waals surface area contributed by atoms with Crippen LogP contribution in [0.2, 0.25) is 0 Å². The molecule has 1 unspecified atom stereocenters. The van der Waals surface area contributed by atoms with E-state index in [1.165, 1.54) is 4.80 Å². The fourth-order valence-corrected chi connectivity index (χ4v) is 2.55. The molecule has 3 rings (SSSR count). The Hall–Kier alpha value is -1.98. The molecule has 5 heteroatoms. The van der Waals surface area contributed by atoms with Crippen molar-refractivity contribution in [3.63, 3.8) is 0 Å². The predicted molar refractivity (Wildman–Crippen MR) is 84.2 cm³/mol. The van der Waals surface area contributed by atoms with Crippen molar-refractivity contribution in [1.82, 2.24) is 15.0 Å². The number of aliphatic hydroxyl groups excluding tert-OH is 1. The fourth-order valence-electron chi connectivity index (χ4n) is 2.11. The van der Waals surface area contributed by atoms with Crippen LogP contribution in [0.25, 0.3) is 5.69 Å². The number of para-hydroxylation sites is 1. The van der Waals surface area contributed by atoms with Crippen molar-refractivity contribution in [1.29, 1.82) is 0 Å². The smallest absolute Gasteiger partial charge is 0.112 e. The molecular weight excluding hydrogens is 330 g/mol. The van der Waals surface area contributed by atoms with Crippen LogP contribution >= 0.6 is 15.9 Å². The second kappa shape index (κ2) is 6.20. The molecule has 1 heterocycles. The van der Waals surface area contributed by atoms with Crippen molar-refractivity contribution in [2.24, 2.45) is 0 Å². The summed E-state index contributed by atoms with van der Waals surface area (Å²) < 4.78 is 1.00. The van der Waals surface area contributed by atoms with Gasteiger partial charge in [-0.15, -0.1) is 0 Å². The van der Waals surface area contributed by atoms with Crippen molar-refractivity contribution in [2.75, 3.05) is 0 Å². The third-order valence-corrected chi connectivity index (χ3v) is 3.65. The molecule has 3 aromatic rings. The number of aromatic nitrogens is 3. The summed E-state index contributed by atoms with van der Waals surface area (Å²) in [6.45, 7) is 0. The summed E-state index contributed by atoms with van der Waals surface area (Å²) >= 11 is 3.43. The highest BCUT2D eigenvalue weighted by Crippen LogP contribution is 2.19. The number of halogens is 1. The summed E-state index contributed by atoms with van der Waals surface area (Å²) in [4.78, 5) is 1.53. The highest BCUT2D eigenvalue weighted by Gasteiger charge is 2.13. The molecule has 0 radical (unpaired) electrons. The average Bonchev–Trinajstić information content (AvgIpc) is 2.98. The van der Waals surface area contributed by atoms with Crippen LogP contribution in [0.4, 0.5) is 0 Å². The Balaban J connectivity index is 1.77. The number of benzene rings is 2. The Kier molecular flexibility index (Phi) is 4.13. The lowest BCUT2D eigenvalue weighted by molar-refractivity contribution is 0.173. The van der Waals surface area contributed by atoms with Gasteiger partial charge in [0.15, 0.2) is 0 Å². The molecule has 0 saturated heterocycles. The van der Waals surface area contributed by atoms with Gasteiger partial charge in [0.05, 0.1) is 11.9 Å². The van der Waals surface area contributed by atoms with E-state index < -0.39 is 6.10 Å². The average molecular weight is 344 g/mol. The van der Waals surface area contributed by atoms with Gasteiger partial charge in [0, 0.05) is 10.9 Å². The zero-order chi connectivity index (χ0) is 14.7. The zero-order valence-electron chi connectivity index (χ0n) is 11.2. The fraction of sp³-hybridized carbons (Fsp3) is 0.125. The topological polar surface area (TPSA) is 50.9 Å². The number of aliphatic hydroxyl groups is 1. The van der Waals surface area contributed by atoms with Crippen molar-refractivity contribution in [3.05, 3.63) is 76.5 Å². The molecule has 0 fully saturated rings. The first-order chi connectivity index (χ1) is 10.2. The number of rotatable bonds is 4. The first-order valence-electron chi connectivity index (χ1n) is 6.62. The van der Waals surface area contributed by atoms with E-state index in [-0.39, 0.29) is 0 Å². The highest BCUT2D eigenvalue weighted by molar-refractivity contribution is 9.10. The molecule has 1 aromatic heterocycles. The van der Waals surface area contributed by atoms with Gasteiger partial charge in [-0.3, -0.25) is 0 Å². The SMILES string of the molecule is OC(Cc1cccc(Br)c1)c1cnn(-c2ccccc2)n1. The van der Waals surface area contributed by atoms with E-state index in [0.717, 1.165) is 15.7 Å². The monoisotopic (exact) mass is 343 g/mol. The summed E-state index contributed by atoms with van der Waals surface area (Å²) in [5, 5.41) is 18.8. The van der Waals surface area contributed by atoms with Crippen LogP contribution in [0, 0.1) is 0 Å². The van der Waals surface area contributed by atoms with Crippen LogP contribution in [0.15, 0.2) is 65.3 Å². The van der Waals surface area contributed by atoms with Crippen LogP contribution in [0.1, 0.15) is 17.4 Å². The molecular formula is C16H14BrN3O. The normalized spacial score (nSPS) is 12.3. The van der Waals surface area contributed by atoms with Crippen molar-refractivity contribution in [2.45, 2.75) is 12.5 Å². The maximum atomic E-state index is 10.3. The van der Waals surface area contributed by atoms with E-state index in [0.29, 0.717) is 12.1 Å². The van der Waals surface area contributed by atoms with Gasteiger partial charge in [0.25, 0.3) is 0 Å². The molecule has 2 aromatic carbocycles. The van der Waals surface area contributed by atoms with E-state index in [9.17, 15) is 5.11 Å². The second-order valence-electron chi connectivity index (χ2n) is 4.74. The van der Waals surface area contributed by atoms with Crippen LogP contribution in [-0.4, -0.2) is 20.1 Å². The van der Waals surface area contributed by atoms with E-state index in [2.05, 4.69) is 26.1 Å². The molecule has 4 nitrogen and oxygen atoms in total. The van der Waals surface area contributed by atoms with Crippen LogP contribution in [0.5, 0.6) is 0 Å². The summed E-state index contributed by atoms with van der Waals surface area (Å²) in [5.74, 6) is 0. The molecule has 21 heavy (non-hydrogen) atoms. The summed E-state index contributed by atoms with van der Waals surface area (Å²) in [7, 11) is 0. The molecule has 0 aliphatic rings. The number of hydrogen-bond donors (Lipinski definition) is 1. The third-order valence-electron chi connectivity index (χ3n) is 3.16. The molecule has 1 atom stereocenters. The van der Waals surface area contributed by atoms with Crippen LogP contribution < -0.4 is 0 Å². The lowest BCUT2D eigenvalue weighted by Gasteiger charge is -2.07. The molecule has 1 N–H and O–H groups in total. The second-order valence-corrected chi connectivity index (χ2v) is 5.66. The van der Waals surface area contributed by atoms with E-state index in [4.69, 9.17) is 0 Å². The predicted octanol–water partition coefficient (Wildman–Crippen LogP) is 3.31. The summed E-state index contributed by atoms with van der Waals surface area (Å²) in [5.41, 5.74) is 2.49. The van der Waals surface area contributed by atoms with Crippen LogP contribution in [0.3, 0.4) is 0 Å². The van der Waals surface area contributed by atoms with Gasteiger partial charge in [-0.2, -0.15) is 15.0 Å². The molecule has 0 aliphatic carbocycles. The largest absolute Gasteiger partial charge is 0.386 e. The van der Waals surface area contributed by atoms with Gasteiger partial charge in [0.2, 0.25) is 0 Å². The van der Waals surface area contributed by atoms with E-state index in [1.54, 1.807) is 6.20 Å². The third kappa shape index (κ3) is 3.37. The summed E-state index contributed by atoms with van der Waals surface area (Å²) in [6, 6.07) is 17.5. The zero-order valence-corrected chi connectivity index (χ0v) is 12.8. The summed E-state index contributed by atoms with van der Waals surface area (Å²) in [6.07, 6.45) is 1.44. The Morgan fingerprint density at radius 1 is 1.10 bits per heavy atom. The van der Waals surface area contributed by atoms with E-state index >= 15 is 0 Å². The lowest BCUT2D eigenvalue weighted by Crippen LogP contribution is -2.04. The minimum absolute atomic E-state index is 0.507. The van der Waals surface area contributed by atoms with Gasteiger partial charge in [-0.25, -0.2) is 0 Å². The Morgan fingerprint density at radius 2 is 1.90 bits per heavy atom. The van der Waals surface area contributed by atoms with Gasteiger partial charge in [-0.05, 0) is 29.8 Å². The maximum Gasteiger partial charge on any atom is 0.112 e. The Labute approximate surface area is 131 Å². The minimum Gasteiger partial charge on any atom is -0.386 e. The van der Waals surface area contributed by atoms with Gasteiger partial charge >= 0.3 is 0 Å². The standard InChI is InChI=1S/C16H14BrN3O/c17-13-6-4-5-12(9-13)10-16(21)15-11-18-20(19-15)14-7-2-1-3-8-14/h1-9,11,16,21H,10H2. The first-order valence-corrected chi connectivity index (χ1v) is 7.42. The first kappa shape index (κ1) is 14.0. The lowest BCUT2D eigenvalue weighted by atomic mass is 10.1. The molecule has 0 saturated carbocycles. The number of nitrogens with zero attached hydrogens (tertiary/aromatic N) is 3. The Bertz CT molecular complexity index is 727. The minimum atomic E-state index is -0.670. The molecule has 0 spiro atoms. The van der Waals surface area contributed by atoms with Crippen molar-refractivity contribution in [3.8, 4) is 5.69 Å². The molecule has 0 bridgehead atoms. The van der Waals surface area contributed by atoms with Crippen LogP contribution in [-0.2, 0) is 6.42 Å². The van der Waals surface area contributed by atoms with Crippen molar-refractivity contribution >= 4 is 15.9 Å². The Morgan fingerprint density at radius 3 is 2.67 bits per heavy atom. The van der Waals surface area contributed by atoms with Gasteiger partial charge < -0.3 is 5.11 Å². The number of hydrogen-bond acceptors (Lipinski definition) is 3. The maximum absolute atomic E-state index is 10.3. The molecule has 0 amide bonds. The van der Waals surface area contributed by atoms with E-state index in [1.807, 2.05) is 54.6 Å². The van der Waals surface area contributed by atoms with Gasteiger partial charge in [-0.1, -0.05) is 46.3 Å². The van der Waals surface area contributed by atoms with Gasteiger partial charge in [0.1, 0.15) is 11.8 Å². The van der Waals surface area contributed by atoms with Crippen molar-refractivity contribution < 1.29 is 5.11 Å². The quantitative estimate of drug-likeness (QED) is 0.790. The molecule has 0 aliphatic heterocycles. The highest BCUT2D eigenvalue weighted by atomic mass is 79.9. The molecule has 106 valence electrons.